The Bertz CT molecular complexity index is 536. The van der Waals surface area contributed by atoms with Crippen LogP contribution in [0.2, 0.25) is 0 Å². The van der Waals surface area contributed by atoms with Crippen molar-refractivity contribution < 1.29 is 9.57 Å². The fourth-order valence-electron chi connectivity index (χ4n) is 2.14. The maximum absolute atomic E-state index is 11.7. The van der Waals surface area contributed by atoms with Crippen LogP contribution in [0.1, 0.15) is 25.1 Å². The minimum absolute atomic E-state index is 0.140. The Morgan fingerprint density at radius 1 is 1.61 bits per heavy atom. The van der Waals surface area contributed by atoms with E-state index in [2.05, 4.69) is 9.82 Å². The van der Waals surface area contributed by atoms with Gasteiger partial charge < -0.3 is 9.57 Å². The summed E-state index contributed by atoms with van der Waals surface area (Å²) in [6.07, 6.45) is 1.67. The second kappa shape index (κ2) is 5.05. The Morgan fingerprint density at radius 2 is 2.33 bits per heavy atom. The van der Waals surface area contributed by atoms with Gasteiger partial charge in [0.25, 0.3) is 5.56 Å². The summed E-state index contributed by atoms with van der Waals surface area (Å²) in [7, 11) is 0. The van der Waals surface area contributed by atoms with Crippen LogP contribution in [0, 0.1) is 12.8 Å². The number of hydrogen-bond donors (Lipinski definition) is 2. The van der Waals surface area contributed by atoms with Crippen LogP contribution >= 0.6 is 0 Å². The number of nitrogens with two attached hydrogens (primary N) is 1. The predicted octanol–water partition coefficient (Wildman–Crippen LogP) is -0.341. The molecule has 1 aliphatic rings. The SMILES string of the molecule is Cc1cn(C2CC(C)C(CON)O2)c(=O)[nH]c1=O. The van der Waals surface area contributed by atoms with Crippen LogP contribution in [0.25, 0.3) is 0 Å². The normalized spacial score (nSPS) is 27.6. The van der Waals surface area contributed by atoms with Crippen molar-refractivity contribution in [1.82, 2.24) is 9.55 Å². The quantitative estimate of drug-likeness (QED) is 0.720. The zero-order chi connectivity index (χ0) is 13.3. The summed E-state index contributed by atoms with van der Waals surface area (Å²) in [4.78, 5) is 29.9. The van der Waals surface area contributed by atoms with Gasteiger partial charge in [0.2, 0.25) is 0 Å². The predicted molar refractivity (Wildman–Crippen MR) is 63.9 cm³/mol. The van der Waals surface area contributed by atoms with Gasteiger partial charge in [0.1, 0.15) is 6.23 Å². The summed E-state index contributed by atoms with van der Waals surface area (Å²) in [5.74, 6) is 5.27. The van der Waals surface area contributed by atoms with E-state index in [9.17, 15) is 9.59 Å². The van der Waals surface area contributed by atoms with Crippen LogP contribution in [-0.4, -0.2) is 22.3 Å². The van der Waals surface area contributed by atoms with Crippen molar-refractivity contribution in [2.24, 2.45) is 11.8 Å². The molecule has 1 aromatic heterocycles. The second-order valence-corrected chi connectivity index (χ2v) is 4.65. The highest BCUT2D eigenvalue weighted by Crippen LogP contribution is 2.32. The van der Waals surface area contributed by atoms with Crippen LogP contribution in [0.15, 0.2) is 15.8 Å². The number of aryl methyl sites for hydroxylation is 1. The van der Waals surface area contributed by atoms with Crippen molar-refractivity contribution in [2.75, 3.05) is 6.61 Å². The third kappa shape index (κ3) is 2.38. The molecule has 100 valence electrons. The van der Waals surface area contributed by atoms with Gasteiger partial charge in [-0.2, -0.15) is 0 Å². The van der Waals surface area contributed by atoms with Crippen molar-refractivity contribution in [3.63, 3.8) is 0 Å². The van der Waals surface area contributed by atoms with Gasteiger partial charge in [-0.3, -0.25) is 14.3 Å². The first kappa shape index (κ1) is 13.0. The maximum Gasteiger partial charge on any atom is 0.330 e. The Labute approximate surface area is 103 Å². The van der Waals surface area contributed by atoms with Gasteiger partial charge in [-0.05, 0) is 19.3 Å². The number of ether oxygens (including phenoxy) is 1. The van der Waals surface area contributed by atoms with Gasteiger partial charge in [0.05, 0.1) is 12.7 Å². The Balaban J connectivity index is 2.26. The number of H-pyrrole nitrogens is 1. The number of aromatic nitrogens is 2. The molecule has 3 atom stereocenters. The summed E-state index contributed by atoms with van der Waals surface area (Å²) < 4.78 is 7.12. The smallest absolute Gasteiger partial charge is 0.330 e. The summed E-state index contributed by atoms with van der Waals surface area (Å²) in [5, 5.41) is 0. The molecule has 2 heterocycles. The van der Waals surface area contributed by atoms with E-state index in [1.54, 1.807) is 6.92 Å². The van der Waals surface area contributed by atoms with Gasteiger partial charge in [-0.1, -0.05) is 6.92 Å². The van der Waals surface area contributed by atoms with Crippen molar-refractivity contribution in [3.05, 3.63) is 32.6 Å². The molecule has 2 rings (SSSR count). The standard InChI is InChI=1S/C11H17N3O4/c1-6-3-9(18-8(6)5-17-12)14-4-7(2)10(15)13-11(14)16/h4,6,8-9H,3,5,12H2,1-2H3,(H,13,15,16). The van der Waals surface area contributed by atoms with E-state index < -0.39 is 5.69 Å². The fourth-order valence-corrected chi connectivity index (χ4v) is 2.14. The molecule has 0 radical (unpaired) electrons. The zero-order valence-corrected chi connectivity index (χ0v) is 10.4. The Morgan fingerprint density at radius 3 is 3.00 bits per heavy atom. The monoisotopic (exact) mass is 255 g/mol. The summed E-state index contributed by atoms with van der Waals surface area (Å²) >= 11 is 0. The first-order chi connectivity index (χ1) is 8.52. The zero-order valence-electron chi connectivity index (χ0n) is 10.4. The minimum atomic E-state index is -0.461. The molecule has 0 spiro atoms. The average Bonchev–Trinajstić information content (AvgIpc) is 2.66. The van der Waals surface area contributed by atoms with Crippen LogP contribution in [0.5, 0.6) is 0 Å². The number of hydrogen-bond acceptors (Lipinski definition) is 5. The molecule has 1 aliphatic heterocycles. The molecule has 1 aromatic rings. The molecular weight excluding hydrogens is 238 g/mol. The van der Waals surface area contributed by atoms with Crippen molar-refractivity contribution in [2.45, 2.75) is 32.6 Å². The van der Waals surface area contributed by atoms with Crippen LogP contribution in [0.4, 0.5) is 0 Å². The minimum Gasteiger partial charge on any atom is -0.352 e. The number of rotatable bonds is 3. The van der Waals surface area contributed by atoms with Gasteiger partial charge in [0.15, 0.2) is 0 Å². The van der Waals surface area contributed by atoms with Crippen molar-refractivity contribution in [1.29, 1.82) is 0 Å². The molecule has 7 nitrogen and oxygen atoms in total. The molecule has 0 bridgehead atoms. The summed E-state index contributed by atoms with van der Waals surface area (Å²) in [6, 6.07) is 0. The lowest BCUT2D eigenvalue weighted by molar-refractivity contribution is -0.0504. The van der Waals surface area contributed by atoms with Crippen LogP contribution in [-0.2, 0) is 9.57 Å². The van der Waals surface area contributed by atoms with Gasteiger partial charge in [0, 0.05) is 11.8 Å². The van der Waals surface area contributed by atoms with E-state index in [1.807, 2.05) is 6.92 Å². The van der Waals surface area contributed by atoms with E-state index in [0.29, 0.717) is 12.0 Å². The largest absolute Gasteiger partial charge is 0.352 e. The van der Waals surface area contributed by atoms with Gasteiger partial charge in [-0.25, -0.2) is 10.7 Å². The molecule has 18 heavy (non-hydrogen) atoms. The van der Waals surface area contributed by atoms with E-state index in [4.69, 9.17) is 10.6 Å². The number of nitrogens with one attached hydrogen (secondary N) is 1. The van der Waals surface area contributed by atoms with Crippen LogP contribution < -0.4 is 17.1 Å². The number of aromatic amines is 1. The van der Waals surface area contributed by atoms with E-state index in [-0.39, 0.29) is 30.4 Å². The van der Waals surface area contributed by atoms with E-state index >= 15 is 0 Å². The molecular formula is C11H17N3O4. The fraction of sp³-hybridized carbons (Fsp3) is 0.636. The molecule has 0 amide bonds. The summed E-state index contributed by atoms with van der Waals surface area (Å²) in [5.41, 5.74) is -0.356. The lowest BCUT2D eigenvalue weighted by atomic mass is 10.0. The molecule has 0 aromatic carbocycles. The van der Waals surface area contributed by atoms with Gasteiger partial charge >= 0.3 is 5.69 Å². The molecule has 1 saturated heterocycles. The Hall–Kier alpha value is -1.44. The third-order valence-corrected chi connectivity index (χ3v) is 3.26. The first-order valence-electron chi connectivity index (χ1n) is 5.82. The topological polar surface area (TPSA) is 99.3 Å². The molecule has 0 aliphatic carbocycles. The third-order valence-electron chi connectivity index (χ3n) is 3.26. The highest BCUT2D eigenvalue weighted by atomic mass is 16.6. The van der Waals surface area contributed by atoms with E-state index in [1.165, 1.54) is 10.8 Å². The van der Waals surface area contributed by atoms with Crippen molar-refractivity contribution >= 4 is 0 Å². The first-order valence-corrected chi connectivity index (χ1v) is 5.82. The summed E-state index contributed by atoms with van der Waals surface area (Å²) in [6.45, 7) is 3.94. The van der Waals surface area contributed by atoms with E-state index in [0.717, 1.165) is 0 Å². The second-order valence-electron chi connectivity index (χ2n) is 4.65. The molecule has 3 N–H and O–H groups in total. The lowest BCUT2D eigenvalue weighted by Crippen LogP contribution is -2.33. The maximum atomic E-state index is 11.7. The molecule has 0 saturated carbocycles. The van der Waals surface area contributed by atoms with Crippen molar-refractivity contribution in [3.8, 4) is 0 Å². The molecule has 1 fully saturated rings. The molecule has 3 unspecified atom stereocenters. The average molecular weight is 255 g/mol. The highest BCUT2D eigenvalue weighted by molar-refractivity contribution is 5.01. The number of nitrogens with zero attached hydrogens (tertiary/aromatic N) is 1. The van der Waals surface area contributed by atoms with Gasteiger partial charge in [-0.15, -0.1) is 0 Å². The van der Waals surface area contributed by atoms with Crippen LogP contribution in [0.3, 0.4) is 0 Å². The highest BCUT2D eigenvalue weighted by Gasteiger charge is 2.33. The Kier molecular flexibility index (Phi) is 3.65. The lowest BCUT2D eigenvalue weighted by Gasteiger charge is -2.15. The molecule has 7 heteroatoms.